The number of anilines is 1. The molecule has 0 amide bonds. The lowest BCUT2D eigenvalue weighted by atomic mass is 10.0. The number of nitrogens with two attached hydrogens (primary N) is 1. The number of rotatable bonds is 4. The monoisotopic (exact) mass is 362 g/mol. The lowest BCUT2D eigenvalue weighted by Crippen LogP contribution is -2.03. The number of halogens is 3. The van der Waals surface area contributed by atoms with Crippen LogP contribution in [0.5, 0.6) is 0 Å². The summed E-state index contributed by atoms with van der Waals surface area (Å²) < 4.78 is 28.0. The summed E-state index contributed by atoms with van der Waals surface area (Å²) >= 11 is 7.29. The molecule has 0 saturated carbocycles. The molecule has 1 unspecified atom stereocenters. The van der Waals surface area contributed by atoms with Crippen LogP contribution in [0.15, 0.2) is 65.7 Å². The molecule has 0 aliphatic heterocycles. The van der Waals surface area contributed by atoms with Crippen LogP contribution in [-0.2, 0) is 0 Å². The first-order chi connectivity index (χ1) is 11.5. The first kappa shape index (κ1) is 16.7. The van der Waals surface area contributed by atoms with Gasteiger partial charge in [-0.1, -0.05) is 11.6 Å². The lowest BCUT2D eigenvalue weighted by molar-refractivity contribution is 0.587. The van der Waals surface area contributed by atoms with Crippen LogP contribution in [0.4, 0.5) is 14.6 Å². The fraction of sp³-hybridized carbons (Fsp3) is 0.0556. The molecule has 2 nitrogen and oxygen atoms in total. The minimum Gasteiger partial charge on any atom is -0.384 e. The largest absolute Gasteiger partial charge is 0.384 e. The number of nitrogens with zero attached hydrogens (tertiary/aromatic N) is 1. The van der Waals surface area contributed by atoms with Crippen LogP contribution in [0.2, 0.25) is 5.02 Å². The van der Waals surface area contributed by atoms with Gasteiger partial charge in [-0.25, -0.2) is 13.8 Å². The maximum Gasteiger partial charge on any atom is 0.128 e. The van der Waals surface area contributed by atoms with Crippen molar-refractivity contribution in [3.8, 4) is 0 Å². The molecule has 0 spiro atoms. The van der Waals surface area contributed by atoms with E-state index in [0.717, 1.165) is 22.6 Å². The molecule has 0 bridgehead atoms. The Balaban J connectivity index is 2.06. The van der Waals surface area contributed by atoms with Crippen LogP contribution in [0, 0.1) is 11.6 Å². The number of thioether (sulfide) groups is 1. The van der Waals surface area contributed by atoms with E-state index in [1.807, 2.05) is 12.1 Å². The fourth-order valence-electron chi connectivity index (χ4n) is 2.30. The third kappa shape index (κ3) is 3.86. The van der Waals surface area contributed by atoms with E-state index in [1.165, 1.54) is 17.8 Å². The van der Waals surface area contributed by atoms with Crippen molar-refractivity contribution in [2.45, 2.75) is 10.1 Å². The first-order valence-corrected chi connectivity index (χ1v) is 8.37. The van der Waals surface area contributed by atoms with Crippen LogP contribution in [0.1, 0.15) is 16.4 Å². The summed E-state index contributed by atoms with van der Waals surface area (Å²) in [5.74, 6) is -0.639. The van der Waals surface area contributed by atoms with E-state index in [0.29, 0.717) is 10.8 Å². The average molecular weight is 363 g/mol. The van der Waals surface area contributed by atoms with Crippen LogP contribution in [0.3, 0.4) is 0 Å². The second-order valence-electron chi connectivity index (χ2n) is 5.13. The molecule has 3 rings (SSSR count). The Morgan fingerprint density at radius 3 is 2.46 bits per heavy atom. The maximum atomic E-state index is 14.3. The van der Waals surface area contributed by atoms with Gasteiger partial charge in [-0.2, -0.15) is 0 Å². The molecule has 1 heterocycles. The van der Waals surface area contributed by atoms with Crippen molar-refractivity contribution in [3.63, 3.8) is 0 Å². The highest BCUT2D eigenvalue weighted by atomic mass is 35.5. The molecule has 2 N–H and O–H groups in total. The molecule has 0 saturated heterocycles. The van der Waals surface area contributed by atoms with Crippen molar-refractivity contribution in [1.82, 2.24) is 4.98 Å². The minimum atomic E-state index is -0.491. The summed E-state index contributed by atoms with van der Waals surface area (Å²) in [4.78, 5) is 4.84. The summed E-state index contributed by atoms with van der Waals surface area (Å²) in [6.07, 6.45) is 1.55. The summed E-state index contributed by atoms with van der Waals surface area (Å²) in [5, 5.41) is 0.146. The van der Waals surface area contributed by atoms with Crippen molar-refractivity contribution in [2.24, 2.45) is 0 Å². The van der Waals surface area contributed by atoms with Crippen molar-refractivity contribution >= 4 is 29.2 Å². The van der Waals surface area contributed by atoms with Crippen LogP contribution < -0.4 is 5.73 Å². The SMILES string of the molecule is Nc1cc(C(Sc2ccc(Cl)cc2)c2cc(F)ccc2F)ccn1. The van der Waals surface area contributed by atoms with E-state index in [-0.39, 0.29) is 5.56 Å². The van der Waals surface area contributed by atoms with E-state index in [9.17, 15) is 8.78 Å². The third-order valence-corrected chi connectivity index (χ3v) is 4.97. The molecule has 2 aromatic carbocycles. The van der Waals surface area contributed by atoms with Gasteiger partial charge in [0.15, 0.2) is 0 Å². The second kappa shape index (κ2) is 7.20. The highest BCUT2D eigenvalue weighted by molar-refractivity contribution is 7.99. The summed E-state index contributed by atoms with van der Waals surface area (Å²) in [6, 6.07) is 14.0. The van der Waals surface area contributed by atoms with Crippen molar-refractivity contribution in [2.75, 3.05) is 5.73 Å². The van der Waals surface area contributed by atoms with Gasteiger partial charge in [0.2, 0.25) is 0 Å². The van der Waals surface area contributed by atoms with Crippen LogP contribution in [0.25, 0.3) is 0 Å². The number of hydrogen-bond donors (Lipinski definition) is 1. The van der Waals surface area contributed by atoms with Gasteiger partial charge in [-0.15, -0.1) is 11.8 Å². The molecule has 1 aromatic heterocycles. The molecule has 3 aromatic rings. The van der Waals surface area contributed by atoms with Crippen molar-refractivity contribution in [3.05, 3.63) is 88.6 Å². The molecule has 0 fully saturated rings. The molecule has 1 atom stereocenters. The summed E-state index contributed by atoms with van der Waals surface area (Å²) in [5.41, 5.74) is 6.74. The zero-order chi connectivity index (χ0) is 17.1. The molecule has 0 aliphatic carbocycles. The van der Waals surface area contributed by atoms with Gasteiger partial charge in [-0.05, 0) is 60.2 Å². The first-order valence-electron chi connectivity index (χ1n) is 7.11. The predicted molar refractivity (Wildman–Crippen MR) is 94.2 cm³/mol. The van der Waals surface area contributed by atoms with Gasteiger partial charge in [-0.3, -0.25) is 0 Å². The molecular weight excluding hydrogens is 350 g/mol. The Bertz CT molecular complexity index is 856. The zero-order valence-electron chi connectivity index (χ0n) is 12.4. The lowest BCUT2D eigenvalue weighted by Gasteiger charge is -2.19. The van der Waals surface area contributed by atoms with Crippen molar-refractivity contribution in [1.29, 1.82) is 0 Å². The number of hydrogen-bond acceptors (Lipinski definition) is 3. The molecular formula is C18H13ClF2N2S. The van der Waals surface area contributed by atoms with E-state index in [1.54, 1.807) is 30.5 Å². The Morgan fingerprint density at radius 1 is 1.00 bits per heavy atom. The van der Waals surface area contributed by atoms with E-state index in [2.05, 4.69) is 4.98 Å². The van der Waals surface area contributed by atoms with E-state index in [4.69, 9.17) is 17.3 Å². The van der Waals surface area contributed by atoms with Gasteiger partial charge in [0.25, 0.3) is 0 Å². The molecule has 0 radical (unpaired) electrons. The second-order valence-corrected chi connectivity index (χ2v) is 6.75. The predicted octanol–water partition coefficient (Wildman–Crippen LogP) is 5.48. The number of aromatic nitrogens is 1. The Morgan fingerprint density at radius 2 is 1.75 bits per heavy atom. The number of pyridine rings is 1. The Kier molecular flexibility index (Phi) is 5.02. The Labute approximate surface area is 147 Å². The highest BCUT2D eigenvalue weighted by Gasteiger charge is 2.21. The zero-order valence-corrected chi connectivity index (χ0v) is 14.0. The molecule has 6 heteroatoms. The van der Waals surface area contributed by atoms with Gasteiger partial charge in [0.1, 0.15) is 17.5 Å². The van der Waals surface area contributed by atoms with Gasteiger partial charge < -0.3 is 5.73 Å². The number of benzene rings is 2. The van der Waals surface area contributed by atoms with Gasteiger partial charge in [0, 0.05) is 21.7 Å². The van der Waals surface area contributed by atoms with E-state index < -0.39 is 16.9 Å². The quantitative estimate of drug-likeness (QED) is 0.625. The fourth-order valence-corrected chi connectivity index (χ4v) is 3.59. The standard InChI is InChI=1S/C18H13ClF2N2S/c19-12-1-4-14(5-2-12)24-18(11-7-8-23-17(22)9-11)15-10-13(20)3-6-16(15)21/h1-10,18H,(H2,22,23). The smallest absolute Gasteiger partial charge is 0.128 e. The topological polar surface area (TPSA) is 38.9 Å². The van der Waals surface area contributed by atoms with Gasteiger partial charge in [0.05, 0.1) is 5.25 Å². The number of nitrogen functional groups attached to an aromatic ring is 1. The normalized spacial score (nSPS) is 12.1. The Hall–Kier alpha value is -2.11. The van der Waals surface area contributed by atoms with Gasteiger partial charge >= 0.3 is 0 Å². The minimum absolute atomic E-state index is 0.251. The van der Waals surface area contributed by atoms with E-state index >= 15 is 0 Å². The summed E-state index contributed by atoms with van der Waals surface area (Å²) in [6.45, 7) is 0. The van der Waals surface area contributed by atoms with Crippen molar-refractivity contribution < 1.29 is 8.78 Å². The highest BCUT2D eigenvalue weighted by Crippen LogP contribution is 2.42. The summed E-state index contributed by atoms with van der Waals surface area (Å²) in [7, 11) is 0. The maximum absolute atomic E-state index is 14.3. The molecule has 0 aliphatic rings. The molecule has 24 heavy (non-hydrogen) atoms. The molecule has 122 valence electrons. The van der Waals surface area contributed by atoms with Crippen LogP contribution in [-0.4, -0.2) is 4.98 Å². The third-order valence-electron chi connectivity index (χ3n) is 3.42. The van der Waals surface area contributed by atoms with Crippen LogP contribution >= 0.6 is 23.4 Å². The average Bonchev–Trinajstić information content (AvgIpc) is 2.57.